The number of hydrazone groups is 1. The zero-order valence-electron chi connectivity index (χ0n) is 19.1. The van der Waals surface area contributed by atoms with Gasteiger partial charge < -0.3 is 14.4 Å². The van der Waals surface area contributed by atoms with E-state index in [-0.39, 0.29) is 12.5 Å². The number of hydrogen-bond acceptors (Lipinski definition) is 7. The zero-order chi connectivity index (χ0) is 24.6. The van der Waals surface area contributed by atoms with Crippen LogP contribution < -0.4 is 14.5 Å². The number of rotatable bonds is 9. The molecule has 0 aliphatic carbocycles. The van der Waals surface area contributed by atoms with Gasteiger partial charge >= 0.3 is 0 Å². The Kier molecular flexibility index (Phi) is 8.61. The minimum Gasteiger partial charge on any atom is -0.484 e. The lowest BCUT2D eigenvalue weighted by molar-refractivity contribution is -0.137. The average Bonchev–Trinajstić information content (AvgIpc) is 2.82. The highest BCUT2D eigenvalue weighted by Crippen LogP contribution is 2.18. The number of ether oxygens (including phenoxy) is 2. The molecule has 2 aromatic rings. The summed E-state index contributed by atoms with van der Waals surface area (Å²) < 4.78 is 36.0. The van der Waals surface area contributed by atoms with Gasteiger partial charge in [-0.3, -0.25) is 13.9 Å². The van der Waals surface area contributed by atoms with Crippen molar-refractivity contribution in [3.8, 4) is 5.75 Å². The number of amides is 2. The first-order valence-electron chi connectivity index (χ1n) is 10.7. The van der Waals surface area contributed by atoms with Crippen molar-refractivity contribution >= 4 is 33.7 Å². The van der Waals surface area contributed by atoms with Gasteiger partial charge in [-0.05, 0) is 48.9 Å². The molecule has 1 aliphatic heterocycles. The normalized spacial score (nSPS) is 14.1. The van der Waals surface area contributed by atoms with Crippen LogP contribution in [0.4, 0.5) is 5.69 Å². The Bertz CT molecular complexity index is 1110. The number of nitrogens with one attached hydrogen (secondary N) is 1. The smallest absolute Gasteiger partial charge is 0.260 e. The third-order valence-electron chi connectivity index (χ3n) is 5.02. The summed E-state index contributed by atoms with van der Waals surface area (Å²) >= 11 is 0. The zero-order valence-corrected chi connectivity index (χ0v) is 20.0. The third-order valence-corrected chi connectivity index (χ3v) is 6.16. The Labute approximate surface area is 199 Å². The lowest BCUT2D eigenvalue weighted by Gasteiger charge is -2.26. The van der Waals surface area contributed by atoms with E-state index in [1.807, 2.05) is 6.92 Å². The number of nitrogens with zero attached hydrogens (tertiary/aromatic N) is 3. The molecule has 11 heteroatoms. The maximum Gasteiger partial charge on any atom is 0.260 e. The fourth-order valence-electron chi connectivity index (χ4n) is 3.15. The van der Waals surface area contributed by atoms with E-state index in [0.717, 1.165) is 16.1 Å². The van der Waals surface area contributed by atoms with E-state index in [9.17, 15) is 18.0 Å². The summed E-state index contributed by atoms with van der Waals surface area (Å²) in [4.78, 5) is 26.1. The second-order valence-electron chi connectivity index (χ2n) is 7.75. The van der Waals surface area contributed by atoms with E-state index in [4.69, 9.17) is 9.47 Å². The number of carbonyl (C=O) groups is 2. The minimum atomic E-state index is -3.65. The third kappa shape index (κ3) is 7.56. The molecule has 1 aliphatic rings. The summed E-state index contributed by atoms with van der Waals surface area (Å²) in [7, 11) is -3.65. The van der Waals surface area contributed by atoms with Crippen molar-refractivity contribution in [3.05, 3.63) is 59.7 Å². The predicted octanol–water partition coefficient (Wildman–Crippen LogP) is 1.15. The average molecular weight is 489 g/mol. The molecule has 1 N–H and O–H groups in total. The van der Waals surface area contributed by atoms with Gasteiger partial charge in [0.2, 0.25) is 10.0 Å². The van der Waals surface area contributed by atoms with Crippen LogP contribution in [0.3, 0.4) is 0 Å². The number of carbonyl (C=O) groups excluding carboxylic acids is 2. The molecule has 2 amide bonds. The van der Waals surface area contributed by atoms with Crippen molar-refractivity contribution < 1.29 is 27.5 Å². The molecule has 0 saturated carbocycles. The standard InChI is InChI=1S/C23H28N4O6S/c1-18-3-7-20(8-4-18)27(34(2,30)31)16-22(28)25-24-15-19-5-9-21(10-6-19)33-17-23(29)26-11-13-32-14-12-26/h3-10,15H,11-14,16-17H2,1-2H3,(H,25,28)/b24-15-. The Hall–Kier alpha value is -3.44. The molecule has 10 nitrogen and oxygen atoms in total. The van der Waals surface area contributed by atoms with Gasteiger partial charge in [-0.25, -0.2) is 13.8 Å². The molecule has 1 saturated heterocycles. The van der Waals surface area contributed by atoms with Gasteiger partial charge in [0.15, 0.2) is 6.61 Å². The number of aryl methyl sites for hydroxylation is 1. The highest BCUT2D eigenvalue weighted by Gasteiger charge is 2.20. The number of benzene rings is 2. The number of sulfonamides is 1. The SMILES string of the molecule is Cc1ccc(N(CC(=O)N/N=C\c2ccc(OCC(=O)N3CCOCC3)cc2)S(C)(=O)=O)cc1. The summed E-state index contributed by atoms with van der Waals surface area (Å²) in [5.74, 6) is -0.140. The van der Waals surface area contributed by atoms with E-state index in [1.165, 1.54) is 6.21 Å². The Morgan fingerprint density at radius 2 is 1.76 bits per heavy atom. The van der Waals surface area contributed by atoms with Crippen LogP contribution in [0.1, 0.15) is 11.1 Å². The van der Waals surface area contributed by atoms with Crippen LogP contribution in [0.25, 0.3) is 0 Å². The summed E-state index contributed by atoms with van der Waals surface area (Å²) in [5.41, 5.74) is 4.40. The van der Waals surface area contributed by atoms with Crippen LogP contribution in [-0.2, 0) is 24.3 Å². The lowest BCUT2D eigenvalue weighted by Crippen LogP contribution is -2.42. The van der Waals surface area contributed by atoms with Crippen molar-refractivity contribution in [2.24, 2.45) is 5.10 Å². The van der Waals surface area contributed by atoms with Gasteiger partial charge in [0.05, 0.1) is 31.4 Å². The first-order chi connectivity index (χ1) is 16.2. The van der Waals surface area contributed by atoms with Gasteiger partial charge in [0, 0.05) is 13.1 Å². The van der Waals surface area contributed by atoms with E-state index in [0.29, 0.717) is 43.3 Å². The summed E-state index contributed by atoms with van der Waals surface area (Å²) in [6.07, 6.45) is 2.47. The molecule has 0 atom stereocenters. The highest BCUT2D eigenvalue weighted by molar-refractivity contribution is 7.92. The van der Waals surface area contributed by atoms with Crippen molar-refractivity contribution in [1.82, 2.24) is 10.3 Å². The Morgan fingerprint density at radius 1 is 1.12 bits per heavy atom. The Morgan fingerprint density at radius 3 is 2.38 bits per heavy atom. The van der Waals surface area contributed by atoms with Gasteiger partial charge in [-0.1, -0.05) is 17.7 Å². The van der Waals surface area contributed by atoms with E-state index >= 15 is 0 Å². The molecule has 182 valence electrons. The van der Waals surface area contributed by atoms with Crippen molar-refractivity contribution in [2.75, 3.05) is 50.0 Å². The predicted molar refractivity (Wildman–Crippen MR) is 128 cm³/mol. The van der Waals surface area contributed by atoms with Crippen LogP contribution in [0.15, 0.2) is 53.6 Å². The quantitative estimate of drug-likeness (QED) is 0.418. The van der Waals surface area contributed by atoms with Crippen LogP contribution in [0, 0.1) is 6.92 Å². The summed E-state index contributed by atoms with van der Waals surface area (Å²) in [5, 5.41) is 3.89. The van der Waals surface area contributed by atoms with Gasteiger partial charge in [-0.15, -0.1) is 0 Å². The maximum absolute atomic E-state index is 12.3. The number of anilines is 1. The van der Waals surface area contributed by atoms with Crippen molar-refractivity contribution in [3.63, 3.8) is 0 Å². The van der Waals surface area contributed by atoms with Crippen LogP contribution >= 0.6 is 0 Å². The van der Waals surface area contributed by atoms with Gasteiger partial charge in [0.25, 0.3) is 11.8 Å². The summed E-state index contributed by atoms with van der Waals surface area (Å²) in [6.45, 7) is 3.64. The molecular weight excluding hydrogens is 460 g/mol. The molecule has 3 rings (SSSR count). The summed E-state index contributed by atoms with van der Waals surface area (Å²) in [6, 6.07) is 13.7. The van der Waals surface area contributed by atoms with Crippen LogP contribution in [0.2, 0.25) is 0 Å². The molecule has 0 unspecified atom stereocenters. The molecule has 0 bridgehead atoms. The van der Waals surface area contributed by atoms with Crippen LogP contribution in [0.5, 0.6) is 5.75 Å². The fraction of sp³-hybridized carbons (Fsp3) is 0.348. The van der Waals surface area contributed by atoms with E-state index < -0.39 is 22.5 Å². The second kappa shape index (κ2) is 11.6. The molecule has 1 fully saturated rings. The molecular formula is C23H28N4O6S. The van der Waals surface area contributed by atoms with Gasteiger partial charge in [-0.2, -0.15) is 5.10 Å². The lowest BCUT2D eigenvalue weighted by atomic mass is 10.2. The molecule has 1 heterocycles. The minimum absolute atomic E-state index is 0.0543. The molecule has 0 radical (unpaired) electrons. The highest BCUT2D eigenvalue weighted by atomic mass is 32.2. The monoisotopic (exact) mass is 488 g/mol. The second-order valence-corrected chi connectivity index (χ2v) is 9.66. The van der Waals surface area contributed by atoms with E-state index in [2.05, 4.69) is 10.5 Å². The number of morpholine rings is 1. The number of hydrogen-bond donors (Lipinski definition) is 1. The van der Waals surface area contributed by atoms with E-state index in [1.54, 1.807) is 53.4 Å². The van der Waals surface area contributed by atoms with Crippen LogP contribution in [-0.4, -0.2) is 77.1 Å². The first-order valence-corrected chi connectivity index (χ1v) is 12.5. The van der Waals surface area contributed by atoms with Crippen molar-refractivity contribution in [2.45, 2.75) is 6.92 Å². The fourth-order valence-corrected chi connectivity index (χ4v) is 4.01. The largest absolute Gasteiger partial charge is 0.484 e. The Balaban J connectivity index is 1.49. The topological polar surface area (TPSA) is 118 Å². The van der Waals surface area contributed by atoms with Crippen molar-refractivity contribution in [1.29, 1.82) is 0 Å². The molecule has 34 heavy (non-hydrogen) atoms. The van der Waals surface area contributed by atoms with Gasteiger partial charge in [0.1, 0.15) is 12.3 Å². The maximum atomic E-state index is 12.3. The molecule has 2 aromatic carbocycles. The molecule has 0 aromatic heterocycles. The first kappa shape index (κ1) is 25.2. The molecule has 0 spiro atoms.